The number of hydrogen-bond donors (Lipinski definition) is 3. The van der Waals surface area contributed by atoms with Crippen molar-refractivity contribution in [1.82, 2.24) is 25.4 Å². The molecule has 0 saturated heterocycles. The number of nitrogens with one attached hydrogen (secondary N) is 1. The van der Waals surface area contributed by atoms with Crippen LogP contribution in [0.1, 0.15) is 17.2 Å². The lowest BCUT2D eigenvalue weighted by Gasteiger charge is -2.13. The van der Waals surface area contributed by atoms with E-state index in [-0.39, 0.29) is 12.3 Å². The number of benzene rings is 1. The SMILES string of the molecule is NC(=O)Cc1ccc(OCCNC[C@@H](O)c2ccc3nnnn3c2)cc1. The molecule has 3 rings (SSSR count). The van der Waals surface area contributed by atoms with Crippen molar-refractivity contribution in [3.05, 3.63) is 53.7 Å². The van der Waals surface area contributed by atoms with Gasteiger partial charge in [-0.25, -0.2) is 4.52 Å². The Balaban J connectivity index is 1.39. The highest BCUT2D eigenvalue weighted by Gasteiger charge is 2.09. The van der Waals surface area contributed by atoms with E-state index in [0.717, 1.165) is 11.1 Å². The van der Waals surface area contributed by atoms with E-state index >= 15 is 0 Å². The van der Waals surface area contributed by atoms with Crippen LogP contribution in [-0.2, 0) is 11.2 Å². The predicted molar refractivity (Wildman–Crippen MR) is 93.4 cm³/mol. The van der Waals surface area contributed by atoms with Crippen molar-refractivity contribution >= 4 is 11.6 Å². The lowest BCUT2D eigenvalue weighted by molar-refractivity contribution is -0.117. The van der Waals surface area contributed by atoms with Gasteiger partial charge in [0, 0.05) is 24.8 Å². The summed E-state index contributed by atoms with van der Waals surface area (Å²) in [7, 11) is 0. The molecule has 9 heteroatoms. The number of carbonyl (C=O) groups excluding carboxylic acids is 1. The molecule has 0 fully saturated rings. The van der Waals surface area contributed by atoms with E-state index in [1.807, 2.05) is 12.1 Å². The number of aliphatic hydroxyl groups is 1. The van der Waals surface area contributed by atoms with Gasteiger partial charge in [0.25, 0.3) is 0 Å². The van der Waals surface area contributed by atoms with Crippen LogP contribution < -0.4 is 15.8 Å². The average Bonchev–Trinajstić information content (AvgIpc) is 3.10. The Morgan fingerprint density at radius 3 is 2.85 bits per heavy atom. The number of nitrogens with two attached hydrogens (primary N) is 1. The van der Waals surface area contributed by atoms with Crippen LogP contribution in [0.15, 0.2) is 42.6 Å². The molecular weight excluding hydrogens is 336 g/mol. The molecular formula is C17H20N6O3. The molecule has 0 aliphatic rings. The third-order valence-corrected chi connectivity index (χ3v) is 3.79. The van der Waals surface area contributed by atoms with Crippen molar-refractivity contribution < 1.29 is 14.6 Å². The zero-order chi connectivity index (χ0) is 18.4. The van der Waals surface area contributed by atoms with Gasteiger partial charge in [-0.2, -0.15) is 0 Å². The topological polar surface area (TPSA) is 128 Å². The number of pyridine rings is 1. The molecule has 0 spiro atoms. The van der Waals surface area contributed by atoms with Crippen LogP contribution in [0.5, 0.6) is 5.75 Å². The summed E-state index contributed by atoms with van der Waals surface area (Å²) in [6.07, 6.45) is 1.25. The Hall–Kier alpha value is -3.04. The summed E-state index contributed by atoms with van der Waals surface area (Å²) >= 11 is 0. The third-order valence-electron chi connectivity index (χ3n) is 3.79. The zero-order valence-corrected chi connectivity index (χ0v) is 14.1. The van der Waals surface area contributed by atoms with Crippen LogP contribution in [0.25, 0.3) is 5.65 Å². The third kappa shape index (κ3) is 4.74. The van der Waals surface area contributed by atoms with Crippen LogP contribution in [0.4, 0.5) is 0 Å². The van der Waals surface area contributed by atoms with Crippen LogP contribution in [0.3, 0.4) is 0 Å². The normalized spacial score (nSPS) is 12.2. The fraction of sp³-hybridized carbons (Fsp3) is 0.294. The number of hydrogen-bond acceptors (Lipinski definition) is 7. The molecule has 0 unspecified atom stereocenters. The minimum Gasteiger partial charge on any atom is -0.492 e. The van der Waals surface area contributed by atoms with Gasteiger partial charge < -0.3 is 20.9 Å². The maximum absolute atomic E-state index is 10.9. The van der Waals surface area contributed by atoms with Gasteiger partial charge in [-0.15, -0.1) is 5.10 Å². The number of aliphatic hydroxyl groups excluding tert-OH is 1. The molecule has 136 valence electrons. The van der Waals surface area contributed by atoms with E-state index in [2.05, 4.69) is 20.8 Å². The Bertz CT molecular complexity index is 864. The lowest BCUT2D eigenvalue weighted by Crippen LogP contribution is -2.26. The fourth-order valence-electron chi connectivity index (χ4n) is 2.46. The Labute approximate surface area is 149 Å². The summed E-state index contributed by atoms with van der Waals surface area (Å²) in [5.41, 5.74) is 7.36. The molecule has 0 aliphatic carbocycles. The molecule has 1 atom stereocenters. The molecule has 3 aromatic rings. The molecule has 0 bridgehead atoms. The van der Waals surface area contributed by atoms with E-state index in [1.54, 1.807) is 30.5 Å². The molecule has 4 N–H and O–H groups in total. The summed E-state index contributed by atoms with van der Waals surface area (Å²) in [6.45, 7) is 1.41. The molecule has 0 radical (unpaired) electrons. The number of nitrogens with zero attached hydrogens (tertiary/aromatic N) is 4. The van der Waals surface area contributed by atoms with E-state index in [1.165, 1.54) is 4.52 Å². The van der Waals surface area contributed by atoms with Crippen LogP contribution in [0.2, 0.25) is 0 Å². The van der Waals surface area contributed by atoms with E-state index in [9.17, 15) is 9.90 Å². The minimum atomic E-state index is -0.670. The van der Waals surface area contributed by atoms with Crippen molar-refractivity contribution in [1.29, 1.82) is 0 Å². The monoisotopic (exact) mass is 356 g/mol. The van der Waals surface area contributed by atoms with Crippen molar-refractivity contribution in [2.45, 2.75) is 12.5 Å². The predicted octanol–water partition coefficient (Wildman–Crippen LogP) is -0.146. The first-order valence-electron chi connectivity index (χ1n) is 8.18. The molecule has 2 heterocycles. The number of aromatic nitrogens is 4. The summed E-state index contributed by atoms with van der Waals surface area (Å²) in [6, 6.07) is 10.8. The van der Waals surface area contributed by atoms with Gasteiger partial charge in [0.1, 0.15) is 12.4 Å². The number of ether oxygens (including phenoxy) is 1. The summed E-state index contributed by atoms with van der Waals surface area (Å²) in [4.78, 5) is 10.9. The molecule has 9 nitrogen and oxygen atoms in total. The van der Waals surface area contributed by atoms with E-state index in [4.69, 9.17) is 10.5 Å². The van der Waals surface area contributed by atoms with E-state index < -0.39 is 6.10 Å². The Morgan fingerprint density at radius 2 is 2.08 bits per heavy atom. The summed E-state index contributed by atoms with van der Waals surface area (Å²) in [5, 5.41) is 24.5. The summed E-state index contributed by atoms with van der Waals surface area (Å²) < 4.78 is 7.13. The van der Waals surface area contributed by atoms with Crippen molar-refractivity contribution in [2.24, 2.45) is 5.73 Å². The second-order valence-electron chi connectivity index (χ2n) is 5.80. The van der Waals surface area contributed by atoms with Crippen LogP contribution in [-0.4, -0.2) is 50.8 Å². The van der Waals surface area contributed by atoms with Gasteiger partial charge in [0.05, 0.1) is 12.5 Å². The van der Waals surface area contributed by atoms with Crippen molar-refractivity contribution in [3.8, 4) is 5.75 Å². The van der Waals surface area contributed by atoms with Gasteiger partial charge in [0.2, 0.25) is 5.91 Å². The first kappa shape index (κ1) is 17.8. The van der Waals surface area contributed by atoms with Crippen LogP contribution >= 0.6 is 0 Å². The number of tetrazole rings is 1. The number of carbonyl (C=O) groups is 1. The average molecular weight is 356 g/mol. The molecule has 0 aliphatic heterocycles. The first-order chi connectivity index (χ1) is 12.6. The Kier molecular flexibility index (Phi) is 5.72. The number of rotatable bonds is 9. The molecule has 1 amide bonds. The number of primary amides is 1. The second-order valence-corrected chi connectivity index (χ2v) is 5.80. The number of fused-ring (bicyclic) bond motifs is 1. The van der Waals surface area contributed by atoms with Crippen molar-refractivity contribution in [2.75, 3.05) is 19.7 Å². The van der Waals surface area contributed by atoms with Gasteiger partial charge in [-0.1, -0.05) is 18.2 Å². The highest BCUT2D eigenvalue weighted by Crippen LogP contribution is 2.13. The number of amides is 1. The van der Waals surface area contributed by atoms with E-state index in [0.29, 0.717) is 31.1 Å². The Morgan fingerprint density at radius 1 is 1.27 bits per heavy atom. The largest absolute Gasteiger partial charge is 0.492 e. The molecule has 26 heavy (non-hydrogen) atoms. The molecule has 1 aromatic carbocycles. The van der Waals surface area contributed by atoms with Gasteiger partial charge in [-0.3, -0.25) is 4.79 Å². The van der Waals surface area contributed by atoms with Gasteiger partial charge in [-0.05, 0) is 34.2 Å². The highest BCUT2D eigenvalue weighted by molar-refractivity contribution is 5.76. The lowest BCUT2D eigenvalue weighted by atomic mass is 10.1. The van der Waals surface area contributed by atoms with Gasteiger partial charge in [0.15, 0.2) is 5.65 Å². The fourth-order valence-corrected chi connectivity index (χ4v) is 2.46. The van der Waals surface area contributed by atoms with Crippen molar-refractivity contribution in [3.63, 3.8) is 0 Å². The quantitative estimate of drug-likeness (QED) is 0.455. The maximum atomic E-state index is 10.9. The summed E-state index contributed by atoms with van der Waals surface area (Å²) in [5.74, 6) is 0.352. The molecule has 0 saturated carbocycles. The first-order valence-corrected chi connectivity index (χ1v) is 8.18. The zero-order valence-electron chi connectivity index (χ0n) is 14.1. The minimum absolute atomic E-state index is 0.218. The molecule has 2 aromatic heterocycles. The van der Waals surface area contributed by atoms with Crippen LogP contribution in [0, 0.1) is 0 Å². The standard InChI is InChI=1S/C17H20N6O3/c18-16(25)9-12-1-4-14(5-2-12)26-8-7-19-10-15(24)13-3-6-17-20-21-22-23(17)11-13/h1-6,11,15,19,24H,7-10H2,(H2,18,25)/t15-/m1/s1. The second kappa shape index (κ2) is 8.37. The van der Waals surface area contributed by atoms with Gasteiger partial charge >= 0.3 is 0 Å². The maximum Gasteiger partial charge on any atom is 0.221 e. The smallest absolute Gasteiger partial charge is 0.221 e. The highest BCUT2D eigenvalue weighted by atomic mass is 16.5.